The van der Waals surface area contributed by atoms with Gasteiger partial charge in [0.2, 0.25) is 0 Å². The molecule has 0 fully saturated rings. The van der Waals surface area contributed by atoms with E-state index in [2.05, 4.69) is 25.1 Å². The Hall–Kier alpha value is 2.20. The van der Waals surface area contributed by atoms with Gasteiger partial charge in [-0.15, -0.1) is 0 Å². The van der Waals surface area contributed by atoms with Crippen LogP contribution in [0.5, 0.6) is 0 Å². The van der Waals surface area contributed by atoms with Gasteiger partial charge in [-0.25, -0.2) is 0 Å². The zero-order valence-electron chi connectivity index (χ0n) is 2.22. The van der Waals surface area contributed by atoms with Crippen LogP contribution in [0.3, 0.4) is 0 Å². The summed E-state index contributed by atoms with van der Waals surface area (Å²) >= 11 is 2.41. The molecular weight excluding hydrogens is 291 g/mol. The molecule has 0 aromatic carbocycles. The molecule has 5 heteroatoms. The molecule has 30 valence electrons. The minimum atomic E-state index is 0. The Morgan fingerprint density at radius 3 is 1.00 bits per heavy atom. The van der Waals surface area contributed by atoms with E-state index in [1.165, 1.54) is 0 Å². The first kappa shape index (κ1) is 27.0. The maximum absolute atomic E-state index is 4.45. The first-order chi connectivity index (χ1) is 1.00. The SMILES string of the molecule is ClBr.[Ba+2].[F-].[F-]. The van der Waals surface area contributed by atoms with E-state index in [-0.39, 0.29) is 58.3 Å². The van der Waals surface area contributed by atoms with Gasteiger partial charge in [-0.2, -0.15) is 0 Å². The van der Waals surface area contributed by atoms with Crippen molar-refractivity contribution in [2.75, 3.05) is 0 Å². The molecule has 0 atom stereocenters. The summed E-state index contributed by atoms with van der Waals surface area (Å²) in [4.78, 5) is 0. The maximum atomic E-state index is 4.45. The van der Waals surface area contributed by atoms with Gasteiger partial charge in [-0.05, 0) is 10.1 Å². The molecular formula is BaBrClF2. The summed E-state index contributed by atoms with van der Waals surface area (Å²) in [5.74, 6) is 0. The van der Waals surface area contributed by atoms with Crippen molar-refractivity contribution in [3.8, 4) is 0 Å². The van der Waals surface area contributed by atoms with Gasteiger partial charge in [0.15, 0.2) is 0 Å². The van der Waals surface area contributed by atoms with E-state index in [0.29, 0.717) is 0 Å². The van der Waals surface area contributed by atoms with Crippen molar-refractivity contribution in [3.05, 3.63) is 0 Å². The van der Waals surface area contributed by atoms with Crippen LogP contribution in [0, 0.1) is 0 Å². The summed E-state index contributed by atoms with van der Waals surface area (Å²) < 4.78 is 0. The molecule has 0 aromatic rings. The van der Waals surface area contributed by atoms with Gasteiger partial charge < -0.3 is 9.41 Å². The number of halogens is 4. The molecule has 0 unspecified atom stereocenters. The van der Waals surface area contributed by atoms with E-state index >= 15 is 0 Å². The van der Waals surface area contributed by atoms with E-state index in [4.69, 9.17) is 0 Å². The largest absolute Gasteiger partial charge is 2.00 e. The van der Waals surface area contributed by atoms with Gasteiger partial charge in [0.1, 0.15) is 0 Å². The number of rotatable bonds is 0. The molecule has 0 aliphatic rings. The van der Waals surface area contributed by atoms with Crippen LogP contribution >= 0.6 is 25.1 Å². The molecule has 0 bridgehead atoms. The Balaban J connectivity index is -0.00000000167. The molecule has 0 nitrogen and oxygen atoms in total. The molecule has 0 spiro atoms. The van der Waals surface area contributed by atoms with E-state index in [0.717, 1.165) is 0 Å². The molecule has 0 N–H and O–H groups in total. The summed E-state index contributed by atoms with van der Waals surface area (Å²) in [6.45, 7) is 0. The van der Waals surface area contributed by atoms with Crippen LogP contribution in [0.15, 0.2) is 0 Å². The Bertz CT molecular complexity index is 9.61. The predicted octanol–water partition coefficient (Wildman–Crippen LogP) is -4.84. The van der Waals surface area contributed by atoms with Crippen LogP contribution in [0.25, 0.3) is 0 Å². The molecule has 0 saturated heterocycles. The zero-order valence-corrected chi connectivity index (χ0v) is 9.00. The minimum absolute atomic E-state index is 0. The molecule has 0 aromatic heterocycles. The maximum Gasteiger partial charge on any atom is 2.00 e. The van der Waals surface area contributed by atoms with Crippen molar-refractivity contribution < 1.29 is 9.41 Å². The fraction of sp³-hybridized carbons (Fsp3) is 0. The molecule has 0 aliphatic carbocycles. The van der Waals surface area contributed by atoms with E-state index in [1.807, 2.05) is 0 Å². The zero-order chi connectivity index (χ0) is 2.00. The van der Waals surface area contributed by atoms with Crippen LogP contribution in [0.2, 0.25) is 0 Å². The Morgan fingerprint density at radius 1 is 1.00 bits per heavy atom. The number of hydrogen-bond acceptors (Lipinski definition) is 0. The third-order valence-electron chi connectivity index (χ3n) is 0. The molecule has 5 heavy (non-hydrogen) atoms. The Morgan fingerprint density at radius 2 is 1.00 bits per heavy atom. The van der Waals surface area contributed by atoms with Crippen LogP contribution < -0.4 is 9.41 Å². The third-order valence-corrected chi connectivity index (χ3v) is 0. The summed E-state index contributed by atoms with van der Waals surface area (Å²) in [7, 11) is 4.45. The first-order valence-electron chi connectivity index (χ1n) is 0.143. The average molecular weight is 291 g/mol. The van der Waals surface area contributed by atoms with Crippen molar-refractivity contribution in [2.24, 2.45) is 0 Å². The van der Waals surface area contributed by atoms with Crippen molar-refractivity contribution in [2.45, 2.75) is 0 Å². The minimum Gasteiger partial charge on any atom is -1.00 e. The van der Waals surface area contributed by atoms with Gasteiger partial charge in [0.05, 0.1) is 0 Å². The fourth-order valence-electron chi connectivity index (χ4n) is 0. The summed E-state index contributed by atoms with van der Waals surface area (Å²) in [6.07, 6.45) is 0. The molecule has 0 aliphatic heterocycles. The van der Waals surface area contributed by atoms with Gasteiger partial charge in [-0.1, -0.05) is 0 Å². The second-order valence-corrected chi connectivity index (χ2v) is 0. The van der Waals surface area contributed by atoms with E-state index in [1.54, 1.807) is 0 Å². The smallest absolute Gasteiger partial charge is 1.00 e. The van der Waals surface area contributed by atoms with Crippen LogP contribution in [-0.2, 0) is 0 Å². The Labute approximate surface area is 81.8 Å². The van der Waals surface area contributed by atoms with E-state index in [9.17, 15) is 0 Å². The third kappa shape index (κ3) is 22.6. The van der Waals surface area contributed by atoms with Crippen LogP contribution in [0.1, 0.15) is 0 Å². The van der Waals surface area contributed by atoms with Gasteiger partial charge in [0.25, 0.3) is 0 Å². The standard InChI is InChI=1S/Ba.BrCl.2FH/c;1-2;;/h;;2*1H/q+2;;;/p-2. The predicted molar refractivity (Wildman–Crippen MR) is 20.5 cm³/mol. The van der Waals surface area contributed by atoms with Crippen molar-refractivity contribution >= 4 is 74.0 Å². The van der Waals surface area contributed by atoms with Crippen LogP contribution in [0.4, 0.5) is 0 Å². The molecule has 0 saturated carbocycles. The Kier molecular flexibility index (Phi) is 187. The van der Waals surface area contributed by atoms with Gasteiger partial charge in [0, 0.05) is 15.0 Å². The van der Waals surface area contributed by atoms with Gasteiger partial charge >= 0.3 is 48.9 Å². The van der Waals surface area contributed by atoms with Crippen molar-refractivity contribution in [1.82, 2.24) is 0 Å². The first-order valence-corrected chi connectivity index (χ1v) is 2.23. The molecule has 0 radical (unpaired) electrons. The summed E-state index contributed by atoms with van der Waals surface area (Å²) in [6, 6.07) is 0. The second kappa shape index (κ2) is 34.6. The van der Waals surface area contributed by atoms with Crippen LogP contribution in [-0.4, -0.2) is 48.9 Å². The van der Waals surface area contributed by atoms with Crippen molar-refractivity contribution in [1.29, 1.82) is 0 Å². The van der Waals surface area contributed by atoms with Crippen molar-refractivity contribution in [3.63, 3.8) is 0 Å². The summed E-state index contributed by atoms with van der Waals surface area (Å²) in [5, 5.41) is 0. The topological polar surface area (TPSA) is 0 Å². The average Bonchev–Trinajstić information content (AvgIpc) is 1.00. The molecule has 0 amide bonds. The van der Waals surface area contributed by atoms with Gasteiger partial charge in [-0.3, -0.25) is 0 Å². The normalized spacial score (nSPS) is 1.20. The number of hydrogen-bond donors (Lipinski definition) is 0. The van der Waals surface area contributed by atoms with E-state index < -0.39 is 0 Å². The quantitative estimate of drug-likeness (QED) is 0.393. The second-order valence-electron chi connectivity index (χ2n) is 0. The fourth-order valence-corrected chi connectivity index (χ4v) is 0. The molecule has 0 rings (SSSR count). The monoisotopic (exact) mass is 290 g/mol. The summed E-state index contributed by atoms with van der Waals surface area (Å²) in [5.41, 5.74) is 0. The molecule has 0 heterocycles.